The van der Waals surface area contributed by atoms with Gasteiger partial charge in [-0.2, -0.15) is 0 Å². The number of fused-ring (bicyclic) bond motifs is 1. The van der Waals surface area contributed by atoms with Crippen molar-refractivity contribution >= 4 is 23.2 Å². The van der Waals surface area contributed by atoms with Gasteiger partial charge in [0, 0.05) is 37.6 Å². The lowest BCUT2D eigenvalue weighted by Crippen LogP contribution is -2.36. The Morgan fingerprint density at radius 1 is 1.14 bits per heavy atom. The van der Waals surface area contributed by atoms with Gasteiger partial charge in [0.25, 0.3) is 5.91 Å². The average molecular weight is 394 g/mol. The van der Waals surface area contributed by atoms with E-state index >= 15 is 0 Å². The highest BCUT2D eigenvalue weighted by Crippen LogP contribution is 2.35. The highest BCUT2D eigenvalue weighted by atomic mass is 16.5. The standard InChI is InChI=1S/C21H26N6O2/c1-23-19(25-22)15-5-7-17(8-6-15)27-11-12-29-18-13-16(14-24-20(18)27)21(28)26-9-3-2-4-10-26/h5-8,13-14H,2-4,9-12,22H2,1H3,(H,23,25). The van der Waals surface area contributed by atoms with Crippen molar-refractivity contribution in [2.45, 2.75) is 19.3 Å². The topological polar surface area (TPSA) is 96.1 Å². The summed E-state index contributed by atoms with van der Waals surface area (Å²) in [5.41, 5.74) is 5.08. The van der Waals surface area contributed by atoms with Crippen molar-refractivity contribution in [2.75, 3.05) is 38.2 Å². The second-order valence-electron chi connectivity index (χ2n) is 7.16. The number of ether oxygens (including phenoxy) is 1. The Labute approximate surface area is 170 Å². The number of carbonyl (C=O) groups is 1. The number of likely N-dealkylation sites (tertiary alicyclic amines) is 1. The highest BCUT2D eigenvalue weighted by molar-refractivity contribution is 5.98. The molecule has 0 saturated carbocycles. The molecule has 152 valence electrons. The van der Waals surface area contributed by atoms with E-state index in [2.05, 4.69) is 20.3 Å². The van der Waals surface area contributed by atoms with Gasteiger partial charge in [-0.15, -0.1) is 0 Å². The van der Waals surface area contributed by atoms with Crippen LogP contribution < -0.4 is 20.9 Å². The van der Waals surface area contributed by atoms with Crippen molar-refractivity contribution in [3.8, 4) is 5.75 Å². The summed E-state index contributed by atoms with van der Waals surface area (Å²) in [5.74, 6) is 7.52. The number of hydrazine groups is 1. The lowest BCUT2D eigenvalue weighted by molar-refractivity contribution is 0.0723. The van der Waals surface area contributed by atoms with E-state index in [0.717, 1.165) is 43.0 Å². The summed E-state index contributed by atoms with van der Waals surface area (Å²) in [6.07, 6.45) is 4.98. The summed E-state index contributed by atoms with van der Waals surface area (Å²) in [7, 11) is 1.69. The molecule has 0 unspecified atom stereocenters. The van der Waals surface area contributed by atoms with Crippen molar-refractivity contribution in [2.24, 2.45) is 10.8 Å². The molecule has 2 aromatic rings. The number of amides is 1. The van der Waals surface area contributed by atoms with Crippen LogP contribution in [0.3, 0.4) is 0 Å². The van der Waals surface area contributed by atoms with Crippen molar-refractivity contribution in [1.29, 1.82) is 0 Å². The molecule has 8 heteroatoms. The van der Waals surface area contributed by atoms with Crippen molar-refractivity contribution in [1.82, 2.24) is 15.3 Å². The van der Waals surface area contributed by atoms with Gasteiger partial charge in [0.05, 0.1) is 12.1 Å². The summed E-state index contributed by atoms with van der Waals surface area (Å²) < 4.78 is 5.83. The van der Waals surface area contributed by atoms with Crippen molar-refractivity contribution in [3.05, 3.63) is 47.7 Å². The monoisotopic (exact) mass is 394 g/mol. The Morgan fingerprint density at radius 3 is 2.59 bits per heavy atom. The molecule has 0 atom stereocenters. The number of nitrogens with zero attached hydrogens (tertiary/aromatic N) is 4. The summed E-state index contributed by atoms with van der Waals surface area (Å²) in [5, 5.41) is 0. The first-order valence-corrected chi connectivity index (χ1v) is 9.95. The minimum Gasteiger partial charge on any atom is -0.488 e. The Hall–Kier alpha value is -3.13. The largest absolute Gasteiger partial charge is 0.488 e. The fourth-order valence-corrected chi connectivity index (χ4v) is 3.82. The maximum absolute atomic E-state index is 12.8. The predicted molar refractivity (Wildman–Crippen MR) is 113 cm³/mol. The molecule has 1 saturated heterocycles. The number of nitrogens with two attached hydrogens (primary N) is 1. The van der Waals surface area contributed by atoms with Crippen LogP contribution in [-0.2, 0) is 0 Å². The van der Waals surface area contributed by atoms with E-state index in [-0.39, 0.29) is 5.91 Å². The van der Waals surface area contributed by atoms with Gasteiger partial charge in [0.1, 0.15) is 12.4 Å². The molecule has 1 aromatic carbocycles. The molecule has 3 N–H and O–H groups in total. The molecule has 2 aliphatic heterocycles. The molecule has 0 aliphatic carbocycles. The van der Waals surface area contributed by atoms with Gasteiger partial charge in [-0.05, 0) is 49.6 Å². The maximum atomic E-state index is 12.8. The van der Waals surface area contributed by atoms with E-state index in [0.29, 0.717) is 30.3 Å². The number of carbonyl (C=O) groups excluding carboxylic acids is 1. The number of aliphatic imine (C=N–C) groups is 1. The van der Waals surface area contributed by atoms with E-state index in [1.807, 2.05) is 35.2 Å². The van der Waals surface area contributed by atoms with E-state index in [9.17, 15) is 4.79 Å². The number of amidine groups is 1. The molecule has 0 bridgehead atoms. The SMILES string of the molecule is CN=C(NN)c1ccc(N2CCOc3cc(C(=O)N4CCCCC4)cnc32)cc1. The first kappa shape index (κ1) is 19.2. The van der Waals surface area contributed by atoms with Gasteiger partial charge in [-0.25, -0.2) is 10.8 Å². The zero-order valence-corrected chi connectivity index (χ0v) is 16.6. The van der Waals surface area contributed by atoms with E-state index in [1.54, 1.807) is 13.2 Å². The minimum absolute atomic E-state index is 0.0331. The molecule has 0 spiro atoms. The van der Waals surface area contributed by atoms with Crippen LogP contribution in [0.5, 0.6) is 5.75 Å². The average Bonchev–Trinajstić information content (AvgIpc) is 2.79. The molecular formula is C21H26N6O2. The first-order chi connectivity index (χ1) is 14.2. The molecular weight excluding hydrogens is 368 g/mol. The normalized spacial score (nSPS) is 16.8. The van der Waals surface area contributed by atoms with Crippen LogP contribution in [-0.4, -0.2) is 54.9 Å². The third-order valence-electron chi connectivity index (χ3n) is 5.36. The number of aromatic nitrogens is 1. The highest BCUT2D eigenvalue weighted by Gasteiger charge is 2.25. The third kappa shape index (κ3) is 3.88. The second kappa shape index (κ2) is 8.48. The molecule has 3 heterocycles. The Kier molecular flexibility index (Phi) is 5.62. The third-order valence-corrected chi connectivity index (χ3v) is 5.36. The van der Waals surface area contributed by atoms with Gasteiger partial charge >= 0.3 is 0 Å². The van der Waals surface area contributed by atoms with Gasteiger partial charge in [0.2, 0.25) is 0 Å². The molecule has 1 fully saturated rings. The van der Waals surface area contributed by atoms with Crippen LogP contribution in [0, 0.1) is 0 Å². The number of benzene rings is 1. The lowest BCUT2D eigenvalue weighted by Gasteiger charge is -2.31. The summed E-state index contributed by atoms with van der Waals surface area (Å²) in [4.78, 5) is 25.5. The molecule has 0 radical (unpaired) electrons. The zero-order valence-electron chi connectivity index (χ0n) is 16.6. The van der Waals surface area contributed by atoms with Crippen LogP contribution in [0.1, 0.15) is 35.2 Å². The van der Waals surface area contributed by atoms with Crippen LogP contribution in [0.2, 0.25) is 0 Å². The Balaban J connectivity index is 1.58. The molecule has 8 nitrogen and oxygen atoms in total. The molecule has 1 aromatic heterocycles. The lowest BCUT2D eigenvalue weighted by atomic mass is 10.1. The zero-order chi connectivity index (χ0) is 20.2. The fourth-order valence-electron chi connectivity index (χ4n) is 3.82. The molecule has 4 rings (SSSR count). The number of pyridine rings is 1. The van der Waals surface area contributed by atoms with E-state index in [4.69, 9.17) is 10.6 Å². The van der Waals surface area contributed by atoms with Gasteiger partial charge in [-0.1, -0.05) is 0 Å². The summed E-state index contributed by atoms with van der Waals surface area (Å²) in [6.45, 7) is 2.85. The second-order valence-corrected chi connectivity index (χ2v) is 7.16. The smallest absolute Gasteiger partial charge is 0.255 e. The predicted octanol–water partition coefficient (Wildman–Crippen LogP) is 2.08. The first-order valence-electron chi connectivity index (χ1n) is 9.95. The van der Waals surface area contributed by atoms with Crippen molar-refractivity contribution < 1.29 is 9.53 Å². The number of nitrogens with one attached hydrogen (secondary N) is 1. The molecule has 1 amide bonds. The summed E-state index contributed by atoms with van der Waals surface area (Å²) >= 11 is 0. The van der Waals surface area contributed by atoms with Crippen LogP contribution in [0.15, 0.2) is 41.5 Å². The number of hydrogen-bond acceptors (Lipinski definition) is 6. The minimum atomic E-state index is 0.0331. The summed E-state index contributed by atoms with van der Waals surface area (Å²) in [6, 6.07) is 9.74. The van der Waals surface area contributed by atoms with Gasteiger partial charge < -0.3 is 20.0 Å². The van der Waals surface area contributed by atoms with E-state index in [1.165, 1.54) is 6.42 Å². The molecule has 2 aliphatic rings. The van der Waals surface area contributed by atoms with Crippen LogP contribution in [0.4, 0.5) is 11.5 Å². The van der Waals surface area contributed by atoms with E-state index < -0.39 is 0 Å². The fraction of sp³-hybridized carbons (Fsp3) is 0.381. The molecule has 29 heavy (non-hydrogen) atoms. The number of hydrogen-bond donors (Lipinski definition) is 2. The number of anilines is 2. The van der Waals surface area contributed by atoms with Crippen LogP contribution in [0.25, 0.3) is 0 Å². The van der Waals surface area contributed by atoms with Gasteiger partial charge in [-0.3, -0.25) is 9.79 Å². The maximum Gasteiger partial charge on any atom is 0.255 e. The van der Waals surface area contributed by atoms with Crippen molar-refractivity contribution in [3.63, 3.8) is 0 Å². The van der Waals surface area contributed by atoms with Crippen LogP contribution >= 0.6 is 0 Å². The quantitative estimate of drug-likeness (QED) is 0.358. The number of rotatable bonds is 3. The Bertz CT molecular complexity index is 906. The van der Waals surface area contributed by atoms with Gasteiger partial charge in [0.15, 0.2) is 11.6 Å². The number of piperidine rings is 1. The Morgan fingerprint density at radius 2 is 1.90 bits per heavy atom.